The molecule has 2 amide bonds. The van der Waals surface area contributed by atoms with Crippen molar-refractivity contribution in [3.05, 3.63) is 0 Å². The van der Waals surface area contributed by atoms with Gasteiger partial charge in [-0.15, -0.1) is 0 Å². The highest BCUT2D eigenvalue weighted by molar-refractivity contribution is 7.98. The Morgan fingerprint density at radius 3 is 2.71 bits per heavy atom. The minimum atomic E-state index is -0.936. The number of piperidine rings is 1. The third-order valence-electron chi connectivity index (χ3n) is 4.71. The van der Waals surface area contributed by atoms with Crippen LogP contribution in [0.2, 0.25) is 0 Å². The number of carboxylic acids is 1. The molecule has 2 aliphatic rings. The fourth-order valence-electron chi connectivity index (χ4n) is 3.60. The summed E-state index contributed by atoms with van der Waals surface area (Å²) < 4.78 is 0. The van der Waals surface area contributed by atoms with Gasteiger partial charge in [-0.2, -0.15) is 11.8 Å². The van der Waals surface area contributed by atoms with Crippen LogP contribution in [-0.2, 0) is 4.79 Å². The Hall–Kier alpha value is -0.910. The Kier molecular flexibility index (Phi) is 6.21. The third kappa shape index (κ3) is 4.28. The molecular weight excluding hydrogens is 288 g/mol. The maximum absolute atomic E-state index is 12.5. The SMILES string of the molecule is CSCCC(NC(=O)N1CCC[C@H]2CCCC[C@H]21)C(=O)O. The lowest BCUT2D eigenvalue weighted by Gasteiger charge is -2.44. The van der Waals surface area contributed by atoms with Crippen LogP contribution in [-0.4, -0.2) is 52.6 Å². The molecule has 1 aliphatic heterocycles. The lowest BCUT2D eigenvalue weighted by atomic mass is 9.78. The molecule has 0 aromatic carbocycles. The number of likely N-dealkylation sites (tertiary alicyclic amines) is 1. The number of hydrogen-bond acceptors (Lipinski definition) is 3. The van der Waals surface area contributed by atoms with E-state index in [2.05, 4.69) is 5.32 Å². The molecule has 1 heterocycles. The highest BCUT2D eigenvalue weighted by atomic mass is 32.2. The van der Waals surface area contributed by atoms with Crippen molar-refractivity contribution in [3.63, 3.8) is 0 Å². The summed E-state index contributed by atoms with van der Waals surface area (Å²) >= 11 is 1.60. The van der Waals surface area contributed by atoms with Gasteiger partial charge in [-0.05, 0) is 50.0 Å². The van der Waals surface area contributed by atoms with Crippen LogP contribution in [0.4, 0.5) is 4.79 Å². The van der Waals surface area contributed by atoms with Crippen molar-refractivity contribution in [1.29, 1.82) is 0 Å². The monoisotopic (exact) mass is 314 g/mol. The summed E-state index contributed by atoms with van der Waals surface area (Å²) in [4.78, 5) is 25.6. The molecule has 5 nitrogen and oxygen atoms in total. The van der Waals surface area contributed by atoms with Gasteiger partial charge in [0.05, 0.1) is 0 Å². The summed E-state index contributed by atoms with van der Waals surface area (Å²) in [5.74, 6) is 0.422. The molecule has 1 unspecified atom stereocenters. The van der Waals surface area contributed by atoms with Crippen LogP contribution in [0.5, 0.6) is 0 Å². The predicted octanol–water partition coefficient (Wildman–Crippen LogP) is 2.56. The fourth-order valence-corrected chi connectivity index (χ4v) is 4.07. The molecule has 2 rings (SSSR count). The Morgan fingerprint density at radius 2 is 2.00 bits per heavy atom. The van der Waals surface area contributed by atoms with E-state index < -0.39 is 12.0 Å². The number of fused-ring (bicyclic) bond motifs is 1. The van der Waals surface area contributed by atoms with Crippen molar-refractivity contribution in [2.24, 2.45) is 5.92 Å². The van der Waals surface area contributed by atoms with E-state index in [1.807, 2.05) is 11.2 Å². The number of urea groups is 1. The zero-order chi connectivity index (χ0) is 15.2. The Balaban J connectivity index is 1.95. The highest BCUT2D eigenvalue weighted by Gasteiger charge is 2.36. The van der Waals surface area contributed by atoms with Crippen molar-refractivity contribution in [2.45, 2.75) is 57.0 Å². The standard InChI is InChI=1S/C15H26N2O3S/c1-21-10-8-12(14(18)19)16-15(20)17-9-4-6-11-5-2-3-7-13(11)17/h11-13H,2-10H2,1H3,(H,16,20)(H,18,19)/t11-,12?,13-/m1/s1. The van der Waals surface area contributed by atoms with Gasteiger partial charge in [-0.3, -0.25) is 0 Å². The maximum Gasteiger partial charge on any atom is 0.326 e. The van der Waals surface area contributed by atoms with E-state index in [4.69, 9.17) is 0 Å². The number of carbonyl (C=O) groups excluding carboxylic acids is 1. The number of nitrogens with one attached hydrogen (secondary N) is 1. The van der Waals surface area contributed by atoms with Crippen LogP contribution in [0.3, 0.4) is 0 Å². The lowest BCUT2D eigenvalue weighted by molar-refractivity contribution is -0.139. The molecule has 3 atom stereocenters. The second kappa shape index (κ2) is 7.92. The van der Waals surface area contributed by atoms with E-state index in [9.17, 15) is 14.7 Å². The van der Waals surface area contributed by atoms with Crippen LogP contribution in [0, 0.1) is 5.92 Å². The molecule has 2 N–H and O–H groups in total. The molecule has 120 valence electrons. The molecule has 2 fully saturated rings. The summed E-state index contributed by atoms with van der Waals surface area (Å²) in [6.45, 7) is 0.766. The van der Waals surface area contributed by atoms with Crippen molar-refractivity contribution in [1.82, 2.24) is 10.2 Å². The first-order chi connectivity index (χ1) is 10.1. The lowest BCUT2D eigenvalue weighted by Crippen LogP contribution is -2.56. The fraction of sp³-hybridized carbons (Fsp3) is 0.867. The Labute approximate surface area is 130 Å². The third-order valence-corrected chi connectivity index (χ3v) is 5.35. The van der Waals surface area contributed by atoms with Gasteiger partial charge in [0.25, 0.3) is 0 Å². The summed E-state index contributed by atoms with van der Waals surface area (Å²) in [6, 6.07) is -0.628. The number of rotatable bonds is 5. The topological polar surface area (TPSA) is 69.6 Å². The summed E-state index contributed by atoms with van der Waals surface area (Å²) in [7, 11) is 0. The first-order valence-electron chi connectivity index (χ1n) is 7.92. The van der Waals surface area contributed by atoms with Crippen LogP contribution in [0.1, 0.15) is 44.9 Å². The van der Waals surface area contributed by atoms with Crippen molar-refractivity contribution < 1.29 is 14.7 Å². The minimum absolute atomic E-state index is 0.180. The average molecular weight is 314 g/mol. The molecule has 0 radical (unpaired) electrons. The number of carboxylic acid groups (broad SMARTS) is 1. The van der Waals surface area contributed by atoms with Crippen LogP contribution in [0.25, 0.3) is 0 Å². The van der Waals surface area contributed by atoms with Crippen molar-refractivity contribution in [3.8, 4) is 0 Å². The molecule has 0 aromatic heterocycles. The van der Waals surface area contributed by atoms with E-state index in [0.29, 0.717) is 18.4 Å². The van der Waals surface area contributed by atoms with E-state index in [-0.39, 0.29) is 6.03 Å². The quantitative estimate of drug-likeness (QED) is 0.818. The number of hydrogen-bond donors (Lipinski definition) is 2. The zero-order valence-corrected chi connectivity index (χ0v) is 13.5. The Bertz CT molecular complexity index is 376. The first kappa shape index (κ1) is 16.5. The summed E-state index contributed by atoms with van der Waals surface area (Å²) in [6.07, 6.45) is 9.40. The van der Waals surface area contributed by atoms with E-state index >= 15 is 0 Å². The molecular formula is C15H26N2O3S. The molecule has 0 aromatic rings. The molecule has 1 saturated heterocycles. The van der Waals surface area contributed by atoms with E-state index in [1.165, 1.54) is 25.7 Å². The van der Waals surface area contributed by atoms with Crippen LogP contribution < -0.4 is 5.32 Å². The van der Waals surface area contributed by atoms with E-state index in [1.54, 1.807) is 11.8 Å². The smallest absolute Gasteiger partial charge is 0.326 e. The molecule has 1 aliphatic carbocycles. The summed E-state index contributed by atoms with van der Waals surface area (Å²) in [5.41, 5.74) is 0. The maximum atomic E-state index is 12.5. The number of nitrogens with zero attached hydrogens (tertiary/aromatic N) is 1. The van der Waals surface area contributed by atoms with Gasteiger partial charge < -0.3 is 15.3 Å². The number of thioether (sulfide) groups is 1. The predicted molar refractivity (Wildman–Crippen MR) is 84.6 cm³/mol. The van der Waals surface area contributed by atoms with Gasteiger partial charge in [0.1, 0.15) is 6.04 Å². The van der Waals surface area contributed by atoms with Gasteiger partial charge in [0.15, 0.2) is 0 Å². The van der Waals surface area contributed by atoms with Gasteiger partial charge in [-0.1, -0.05) is 12.8 Å². The second-order valence-electron chi connectivity index (χ2n) is 6.07. The Morgan fingerprint density at radius 1 is 1.29 bits per heavy atom. The second-order valence-corrected chi connectivity index (χ2v) is 7.05. The van der Waals surface area contributed by atoms with Crippen LogP contribution >= 0.6 is 11.8 Å². The van der Waals surface area contributed by atoms with Crippen LogP contribution in [0.15, 0.2) is 0 Å². The van der Waals surface area contributed by atoms with Gasteiger partial charge in [0, 0.05) is 12.6 Å². The van der Waals surface area contributed by atoms with Gasteiger partial charge >= 0.3 is 12.0 Å². The molecule has 21 heavy (non-hydrogen) atoms. The number of carbonyl (C=O) groups is 2. The van der Waals surface area contributed by atoms with Gasteiger partial charge in [0.2, 0.25) is 0 Å². The number of aliphatic carboxylic acids is 1. The first-order valence-corrected chi connectivity index (χ1v) is 9.31. The molecule has 0 spiro atoms. The largest absolute Gasteiger partial charge is 0.480 e. The highest BCUT2D eigenvalue weighted by Crippen LogP contribution is 2.35. The normalized spacial score (nSPS) is 26.8. The van der Waals surface area contributed by atoms with Crippen molar-refractivity contribution >= 4 is 23.8 Å². The van der Waals surface area contributed by atoms with Gasteiger partial charge in [-0.25, -0.2) is 9.59 Å². The molecule has 1 saturated carbocycles. The molecule has 6 heteroatoms. The molecule has 0 bridgehead atoms. The minimum Gasteiger partial charge on any atom is -0.480 e. The number of amides is 2. The summed E-state index contributed by atoms with van der Waals surface area (Å²) in [5, 5.41) is 12.0. The van der Waals surface area contributed by atoms with E-state index in [0.717, 1.165) is 25.1 Å². The average Bonchev–Trinajstić information content (AvgIpc) is 2.50. The zero-order valence-electron chi connectivity index (χ0n) is 12.7. The van der Waals surface area contributed by atoms with Crippen molar-refractivity contribution in [2.75, 3.05) is 18.6 Å².